The van der Waals surface area contributed by atoms with Gasteiger partial charge in [0, 0.05) is 16.7 Å². The first kappa shape index (κ1) is 27.4. The van der Waals surface area contributed by atoms with Crippen LogP contribution in [0, 0.1) is 0 Å². The van der Waals surface area contributed by atoms with E-state index < -0.39 is 0 Å². The Hall–Kier alpha value is -6.19. The molecule has 0 bridgehead atoms. The van der Waals surface area contributed by atoms with Crippen molar-refractivity contribution in [1.82, 2.24) is 15.0 Å². The van der Waals surface area contributed by atoms with Gasteiger partial charge in [0.1, 0.15) is 0 Å². The minimum Gasteiger partial charge on any atom is -0.208 e. The molecule has 46 heavy (non-hydrogen) atoms. The Balaban J connectivity index is 1.28. The SMILES string of the molecule is c1ccc(-c2ccc(-c3ccc4ccccc4c3-c3cccc(-c4nc(-c5ccccc5)nc(-c5ccccc5)n4)c3)cc2)cc1. The zero-order valence-electron chi connectivity index (χ0n) is 25.1. The van der Waals surface area contributed by atoms with Gasteiger partial charge in [-0.3, -0.25) is 0 Å². The average Bonchev–Trinajstić information content (AvgIpc) is 3.15. The smallest absolute Gasteiger partial charge is 0.164 e. The van der Waals surface area contributed by atoms with E-state index in [2.05, 4.69) is 115 Å². The molecule has 0 aliphatic rings. The largest absolute Gasteiger partial charge is 0.208 e. The van der Waals surface area contributed by atoms with Crippen LogP contribution >= 0.6 is 0 Å². The molecule has 8 aromatic rings. The lowest BCUT2D eigenvalue weighted by Crippen LogP contribution is -2.00. The molecule has 1 aromatic heterocycles. The highest BCUT2D eigenvalue weighted by molar-refractivity contribution is 6.04. The van der Waals surface area contributed by atoms with E-state index in [1.165, 1.54) is 38.6 Å². The van der Waals surface area contributed by atoms with E-state index in [0.717, 1.165) is 22.3 Å². The Morgan fingerprint density at radius 3 is 1.37 bits per heavy atom. The first-order valence-corrected chi connectivity index (χ1v) is 15.5. The van der Waals surface area contributed by atoms with Crippen molar-refractivity contribution in [2.24, 2.45) is 0 Å². The highest BCUT2D eigenvalue weighted by atomic mass is 15.0. The van der Waals surface area contributed by atoms with Gasteiger partial charge in [-0.25, -0.2) is 15.0 Å². The van der Waals surface area contributed by atoms with Crippen LogP contribution in [0.1, 0.15) is 0 Å². The van der Waals surface area contributed by atoms with Crippen LogP contribution in [0.15, 0.2) is 176 Å². The van der Waals surface area contributed by atoms with E-state index in [-0.39, 0.29) is 0 Å². The number of rotatable bonds is 6. The van der Waals surface area contributed by atoms with E-state index in [9.17, 15) is 0 Å². The van der Waals surface area contributed by atoms with Crippen molar-refractivity contribution < 1.29 is 0 Å². The summed E-state index contributed by atoms with van der Waals surface area (Å²) in [5.74, 6) is 1.95. The molecule has 1 heterocycles. The number of aromatic nitrogens is 3. The average molecular weight is 588 g/mol. The van der Waals surface area contributed by atoms with Crippen LogP contribution in [0.2, 0.25) is 0 Å². The van der Waals surface area contributed by atoms with E-state index >= 15 is 0 Å². The molecule has 0 spiro atoms. The van der Waals surface area contributed by atoms with E-state index in [4.69, 9.17) is 15.0 Å². The maximum Gasteiger partial charge on any atom is 0.164 e. The molecule has 0 atom stereocenters. The summed E-state index contributed by atoms with van der Waals surface area (Å²) in [6.45, 7) is 0. The molecule has 8 rings (SSSR count). The van der Waals surface area contributed by atoms with Crippen LogP contribution in [0.25, 0.3) is 78.3 Å². The zero-order chi connectivity index (χ0) is 30.7. The van der Waals surface area contributed by atoms with Crippen LogP contribution in [0.5, 0.6) is 0 Å². The molecule has 3 heteroatoms. The lowest BCUT2D eigenvalue weighted by molar-refractivity contribution is 1.07. The Kier molecular flexibility index (Phi) is 7.18. The van der Waals surface area contributed by atoms with Gasteiger partial charge in [0.2, 0.25) is 0 Å². The fourth-order valence-corrected chi connectivity index (χ4v) is 6.05. The van der Waals surface area contributed by atoms with E-state index in [1.807, 2.05) is 60.7 Å². The molecule has 0 saturated carbocycles. The third-order valence-electron chi connectivity index (χ3n) is 8.34. The fraction of sp³-hybridized carbons (Fsp3) is 0. The topological polar surface area (TPSA) is 38.7 Å². The van der Waals surface area contributed by atoms with Crippen molar-refractivity contribution in [3.63, 3.8) is 0 Å². The van der Waals surface area contributed by atoms with Gasteiger partial charge in [-0.2, -0.15) is 0 Å². The van der Waals surface area contributed by atoms with Crippen molar-refractivity contribution in [2.45, 2.75) is 0 Å². The van der Waals surface area contributed by atoms with Gasteiger partial charge in [-0.15, -0.1) is 0 Å². The highest BCUT2D eigenvalue weighted by Gasteiger charge is 2.16. The lowest BCUT2D eigenvalue weighted by atomic mass is 9.88. The Bertz CT molecular complexity index is 2220. The minimum absolute atomic E-state index is 0.642. The summed E-state index contributed by atoms with van der Waals surface area (Å²) in [6.07, 6.45) is 0. The molecule has 0 aliphatic heterocycles. The van der Waals surface area contributed by atoms with Crippen molar-refractivity contribution in [3.8, 4) is 67.5 Å². The predicted octanol–water partition coefficient (Wildman–Crippen LogP) is 11.0. The lowest BCUT2D eigenvalue weighted by Gasteiger charge is -2.16. The van der Waals surface area contributed by atoms with Crippen LogP contribution in [0.3, 0.4) is 0 Å². The number of hydrogen-bond donors (Lipinski definition) is 0. The molecule has 0 fully saturated rings. The van der Waals surface area contributed by atoms with Gasteiger partial charge < -0.3 is 0 Å². The van der Waals surface area contributed by atoms with Crippen molar-refractivity contribution in [2.75, 3.05) is 0 Å². The fourth-order valence-electron chi connectivity index (χ4n) is 6.05. The number of benzene rings is 7. The first-order chi connectivity index (χ1) is 22.8. The van der Waals surface area contributed by atoms with E-state index in [1.54, 1.807) is 0 Å². The molecule has 0 amide bonds. The standard InChI is InChI=1S/C43H29N3/c1-4-13-30(14-5-1)31-23-25-33(26-24-31)39-28-27-32-15-10-11-22-38(32)40(39)36-20-12-21-37(29-36)43-45-41(34-16-6-2-7-17-34)44-42(46-43)35-18-8-3-9-19-35/h1-29H. The number of nitrogens with zero attached hydrogens (tertiary/aromatic N) is 3. The molecule has 0 radical (unpaired) electrons. The molecule has 0 N–H and O–H groups in total. The van der Waals surface area contributed by atoms with Gasteiger partial charge in [0.15, 0.2) is 17.5 Å². The molecule has 0 aliphatic carbocycles. The highest BCUT2D eigenvalue weighted by Crippen LogP contribution is 2.40. The molecule has 0 saturated heterocycles. The second kappa shape index (κ2) is 12.1. The van der Waals surface area contributed by atoms with E-state index in [0.29, 0.717) is 17.5 Å². The molecule has 216 valence electrons. The van der Waals surface area contributed by atoms with Crippen LogP contribution < -0.4 is 0 Å². The monoisotopic (exact) mass is 587 g/mol. The van der Waals surface area contributed by atoms with Crippen molar-refractivity contribution in [1.29, 1.82) is 0 Å². The van der Waals surface area contributed by atoms with Crippen molar-refractivity contribution >= 4 is 10.8 Å². The molecule has 3 nitrogen and oxygen atoms in total. The van der Waals surface area contributed by atoms with Crippen LogP contribution in [-0.4, -0.2) is 15.0 Å². The van der Waals surface area contributed by atoms with Crippen LogP contribution in [-0.2, 0) is 0 Å². The van der Waals surface area contributed by atoms with Gasteiger partial charge in [-0.1, -0.05) is 170 Å². The third-order valence-corrected chi connectivity index (χ3v) is 8.34. The third kappa shape index (κ3) is 5.36. The maximum absolute atomic E-state index is 4.99. The Morgan fingerprint density at radius 1 is 0.283 bits per heavy atom. The van der Waals surface area contributed by atoms with Crippen molar-refractivity contribution in [3.05, 3.63) is 176 Å². The predicted molar refractivity (Wildman–Crippen MR) is 190 cm³/mol. The molecular formula is C43H29N3. The van der Waals surface area contributed by atoms with Gasteiger partial charge in [0.25, 0.3) is 0 Å². The first-order valence-electron chi connectivity index (χ1n) is 15.5. The second-order valence-electron chi connectivity index (χ2n) is 11.3. The second-order valence-corrected chi connectivity index (χ2v) is 11.3. The minimum atomic E-state index is 0.642. The Morgan fingerprint density at radius 2 is 0.739 bits per heavy atom. The van der Waals surface area contributed by atoms with Crippen LogP contribution in [0.4, 0.5) is 0 Å². The van der Waals surface area contributed by atoms with Gasteiger partial charge in [0.05, 0.1) is 0 Å². The normalized spacial score (nSPS) is 11.0. The summed E-state index contributed by atoms with van der Waals surface area (Å²) >= 11 is 0. The summed E-state index contributed by atoms with van der Waals surface area (Å²) in [5.41, 5.74) is 9.91. The summed E-state index contributed by atoms with van der Waals surface area (Å²) in [4.78, 5) is 14.9. The Labute approximate surface area is 268 Å². The van der Waals surface area contributed by atoms with Gasteiger partial charge in [-0.05, 0) is 50.2 Å². The maximum atomic E-state index is 4.99. The molecular weight excluding hydrogens is 558 g/mol. The zero-order valence-corrected chi connectivity index (χ0v) is 25.1. The number of fused-ring (bicyclic) bond motifs is 1. The summed E-state index contributed by atoms with van der Waals surface area (Å²) < 4.78 is 0. The summed E-state index contributed by atoms with van der Waals surface area (Å²) in [6, 6.07) is 61.2. The number of hydrogen-bond acceptors (Lipinski definition) is 3. The van der Waals surface area contributed by atoms with Gasteiger partial charge >= 0.3 is 0 Å². The quantitative estimate of drug-likeness (QED) is 0.194. The summed E-state index contributed by atoms with van der Waals surface area (Å²) in [7, 11) is 0. The molecule has 7 aromatic carbocycles. The summed E-state index contributed by atoms with van der Waals surface area (Å²) in [5, 5.41) is 2.40. The molecule has 0 unspecified atom stereocenters.